The Kier molecular flexibility index (Phi) is 9.56. The van der Waals surface area contributed by atoms with Crippen LogP contribution < -0.4 is 9.47 Å². The second-order valence-electron chi connectivity index (χ2n) is 8.92. The quantitative estimate of drug-likeness (QED) is 0.364. The molecule has 0 bridgehead atoms. The molecule has 34 heavy (non-hydrogen) atoms. The van der Waals surface area contributed by atoms with Gasteiger partial charge in [-0.05, 0) is 67.0 Å². The molecule has 3 atom stereocenters. The Morgan fingerprint density at radius 1 is 1.03 bits per heavy atom. The van der Waals surface area contributed by atoms with Crippen LogP contribution in [-0.2, 0) is 27.8 Å². The summed E-state index contributed by atoms with van der Waals surface area (Å²) in [6, 6.07) is 15.1. The number of methoxy groups -OCH3 is 2. The number of sulfonamides is 1. The molecule has 3 rings (SSSR count). The second kappa shape index (κ2) is 12.4. The molecule has 7 heteroatoms. The topological polar surface area (TPSA) is 65.1 Å². The van der Waals surface area contributed by atoms with Gasteiger partial charge >= 0.3 is 0 Å². The van der Waals surface area contributed by atoms with Gasteiger partial charge in [-0.15, -0.1) is 6.58 Å². The molecule has 1 aliphatic rings. The molecule has 0 radical (unpaired) electrons. The molecule has 1 heterocycles. The number of hydrogen-bond donors (Lipinski definition) is 0. The summed E-state index contributed by atoms with van der Waals surface area (Å²) in [5.74, 6) is 1.41. The maximum absolute atomic E-state index is 14.2. The molecule has 0 spiro atoms. The van der Waals surface area contributed by atoms with E-state index in [0.29, 0.717) is 19.4 Å². The van der Waals surface area contributed by atoms with E-state index in [-0.39, 0.29) is 25.1 Å². The SMILES string of the molecule is C=CC[C@@H](C)[C@@H](CC1CCCO1)S(=O)(=O)N(Cc1ccc(OC)cc1)Cc1ccc(OC)cc1. The fraction of sp³-hybridized carbons (Fsp3) is 0.481. The van der Waals surface area contributed by atoms with E-state index in [4.69, 9.17) is 14.2 Å². The first-order chi connectivity index (χ1) is 16.4. The van der Waals surface area contributed by atoms with Gasteiger partial charge in [-0.25, -0.2) is 8.42 Å². The Bertz CT molecular complexity index is 949. The minimum atomic E-state index is -3.66. The number of benzene rings is 2. The predicted octanol–water partition coefficient (Wildman–Crippen LogP) is 5.19. The zero-order valence-electron chi connectivity index (χ0n) is 20.5. The molecule has 2 aromatic carbocycles. The minimum absolute atomic E-state index is 0.0177. The lowest BCUT2D eigenvalue weighted by molar-refractivity contribution is 0.0989. The maximum Gasteiger partial charge on any atom is 0.217 e. The van der Waals surface area contributed by atoms with Crippen LogP contribution in [0.3, 0.4) is 0 Å². The highest BCUT2D eigenvalue weighted by atomic mass is 32.2. The summed E-state index contributed by atoms with van der Waals surface area (Å²) in [6.45, 7) is 7.11. The number of nitrogens with zero attached hydrogens (tertiary/aromatic N) is 1. The van der Waals surface area contributed by atoms with Gasteiger partial charge in [0.05, 0.1) is 25.6 Å². The summed E-state index contributed by atoms with van der Waals surface area (Å²) >= 11 is 0. The molecule has 2 aromatic rings. The van der Waals surface area contributed by atoms with Crippen molar-refractivity contribution in [2.24, 2.45) is 5.92 Å². The summed E-state index contributed by atoms with van der Waals surface area (Å²) in [7, 11) is -0.422. The highest BCUT2D eigenvalue weighted by molar-refractivity contribution is 7.89. The first kappa shape index (κ1) is 26.3. The molecule has 0 N–H and O–H groups in total. The monoisotopic (exact) mass is 487 g/mol. The van der Waals surface area contributed by atoms with Gasteiger partial charge in [-0.3, -0.25) is 0 Å². The van der Waals surface area contributed by atoms with E-state index in [2.05, 4.69) is 6.58 Å². The molecule has 1 unspecified atom stereocenters. The Morgan fingerprint density at radius 2 is 1.56 bits per heavy atom. The second-order valence-corrected chi connectivity index (χ2v) is 11.1. The van der Waals surface area contributed by atoms with E-state index >= 15 is 0 Å². The van der Waals surface area contributed by atoms with Crippen molar-refractivity contribution < 1.29 is 22.6 Å². The third-order valence-electron chi connectivity index (χ3n) is 6.47. The van der Waals surface area contributed by atoms with Gasteiger partial charge in [0.25, 0.3) is 0 Å². The van der Waals surface area contributed by atoms with Crippen LogP contribution in [0.4, 0.5) is 0 Å². The summed E-state index contributed by atoms with van der Waals surface area (Å²) in [5.41, 5.74) is 1.82. The molecule has 0 saturated carbocycles. The fourth-order valence-electron chi connectivity index (χ4n) is 4.45. The number of rotatable bonds is 13. The summed E-state index contributed by atoms with van der Waals surface area (Å²) < 4.78 is 46.3. The van der Waals surface area contributed by atoms with E-state index in [1.54, 1.807) is 24.6 Å². The van der Waals surface area contributed by atoms with Crippen LogP contribution in [0.15, 0.2) is 61.2 Å². The Morgan fingerprint density at radius 3 is 1.97 bits per heavy atom. The van der Waals surface area contributed by atoms with Crippen molar-refractivity contribution in [3.05, 3.63) is 72.3 Å². The smallest absolute Gasteiger partial charge is 0.217 e. The van der Waals surface area contributed by atoms with Crippen LogP contribution in [0.25, 0.3) is 0 Å². The number of hydrogen-bond acceptors (Lipinski definition) is 5. The third kappa shape index (κ3) is 6.84. The molecule has 0 aromatic heterocycles. The normalized spacial score (nSPS) is 17.9. The Balaban J connectivity index is 1.93. The lowest BCUT2D eigenvalue weighted by atomic mass is 9.98. The van der Waals surface area contributed by atoms with Gasteiger partial charge in [-0.1, -0.05) is 37.3 Å². The summed E-state index contributed by atoms with van der Waals surface area (Å²) in [5, 5.41) is -0.551. The van der Waals surface area contributed by atoms with E-state index in [1.807, 2.05) is 55.5 Å². The molecule has 0 amide bonds. The maximum atomic E-state index is 14.2. The predicted molar refractivity (Wildman–Crippen MR) is 136 cm³/mol. The van der Waals surface area contributed by atoms with Crippen LogP contribution in [-0.4, -0.2) is 44.9 Å². The van der Waals surface area contributed by atoms with Gasteiger partial charge in [0.2, 0.25) is 10.0 Å². The van der Waals surface area contributed by atoms with Gasteiger partial charge in [0.1, 0.15) is 11.5 Å². The van der Waals surface area contributed by atoms with Crippen LogP contribution >= 0.6 is 0 Å². The van der Waals surface area contributed by atoms with Crippen molar-refractivity contribution in [3.63, 3.8) is 0 Å². The van der Waals surface area contributed by atoms with Gasteiger partial charge < -0.3 is 14.2 Å². The minimum Gasteiger partial charge on any atom is -0.497 e. The summed E-state index contributed by atoms with van der Waals surface area (Å²) in [4.78, 5) is 0. The van der Waals surface area contributed by atoms with Crippen LogP contribution in [0, 0.1) is 5.92 Å². The van der Waals surface area contributed by atoms with Crippen molar-refractivity contribution in [2.45, 2.75) is 57.1 Å². The third-order valence-corrected chi connectivity index (χ3v) is 8.87. The molecule has 1 aliphatic heterocycles. The highest BCUT2D eigenvalue weighted by Gasteiger charge is 2.38. The van der Waals surface area contributed by atoms with Crippen LogP contribution in [0.1, 0.15) is 43.7 Å². The van der Waals surface area contributed by atoms with Crippen molar-refractivity contribution in [1.29, 1.82) is 0 Å². The lowest BCUT2D eigenvalue weighted by Gasteiger charge is -2.32. The van der Waals surface area contributed by atoms with Gasteiger partial charge in [0, 0.05) is 19.7 Å². The van der Waals surface area contributed by atoms with Gasteiger partial charge in [0.15, 0.2) is 0 Å². The Labute approximate surface area is 204 Å². The molecule has 186 valence electrons. The molecule has 1 fully saturated rings. The van der Waals surface area contributed by atoms with Crippen LogP contribution in [0.5, 0.6) is 11.5 Å². The molecule has 1 saturated heterocycles. The standard InChI is InChI=1S/C27H37NO5S/c1-5-7-21(2)27(18-26-8-6-17-33-26)34(29,30)28(19-22-9-13-24(31-3)14-10-22)20-23-11-15-25(32-4)16-12-23/h5,9-16,21,26-27H,1,6-8,17-20H2,2-4H3/t21-,26?,27-/m1/s1. The highest BCUT2D eigenvalue weighted by Crippen LogP contribution is 2.31. The van der Waals surface area contributed by atoms with Crippen molar-refractivity contribution in [3.8, 4) is 11.5 Å². The molecule has 0 aliphatic carbocycles. The number of allylic oxidation sites excluding steroid dienone is 1. The zero-order chi connectivity index (χ0) is 24.6. The Hall–Kier alpha value is -2.35. The largest absolute Gasteiger partial charge is 0.497 e. The first-order valence-electron chi connectivity index (χ1n) is 11.8. The van der Waals surface area contributed by atoms with Crippen LogP contribution in [0.2, 0.25) is 0 Å². The summed E-state index contributed by atoms with van der Waals surface area (Å²) in [6.07, 6.45) is 4.81. The van der Waals surface area contributed by atoms with Crippen molar-refractivity contribution in [1.82, 2.24) is 4.31 Å². The molecular weight excluding hydrogens is 450 g/mol. The van der Waals surface area contributed by atoms with E-state index in [1.165, 1.54) is 0 Å². The van der Waals surface area contributed by atoms with E-state index < -0.39 is 15.3 Å². The van der Waals surface area contributed by atoms with Gasteiger partial charge in [-0.2, -0.15) is 4.31 Å². The van der Waals surface area contributed by atoms with E-state index in [0.717, 1.165) is 35.5 Å². The average Bonchev–Trinajstić information content (AvgIpc) is 3.36. The fourth-order valence-corrected chi connectivity index (χ4v) is 6.65. The lowest BCUT2D eigenvalue weighted by Crippen LogP contribution is -2.42. The van der Waals surface area contributed by atoms with E-state index in [9.17, 15) is 8.42 Å². The number of ether oxygens (including phenoxy) is 3. The first-order valence-corrected chi connectivity index (χ1v) is 13.3. The zero-order valence-corrected chi connectivity index (χ0v) is 21.3. The van der Waals surface area contributed by atoms with Crippen molar-refractivity contribution >= 4 is 10.0 Å². The average molecular weight is 488 g/mol. The molecule has 6 nitrogen and oxygen atoms in total. The molecular formula is C27H37NO5S. The van der Waals surface area contributed by atoms with Crippen molar-refractivity contribution in [2.75, 3.05) is 20.8 Å².